The lowest BCUT2D eigenvalue weighted by Gasteiger charge is -2.19. The summed E-state index contributed by atoms with van der Waals surface area (Å²) >= 11 is 0. The van der Waals surface area contributed by atoms with Crippen LogP contribution < -0.4 is 0 Å². The average molecular weight is 260 g/mol. The molecule has 0 heterocycles. The molecule has 0 saturated heterocycles. The van der Waals surface area contributed by atoms with Gasteiger partial charge in [-0.1, -0.05) is 54.9 Å². The Hall–Kier alpha value is -0.530. The number of esters is 1. The second-order valence-electron chi connectivity index (χ2n) is 5.31. The van der Waals surface area contributed by atoms with Crippen molar-refractivity contribution >= 4 is 5.97 Å². The quantitative estimate of drug-likeness (QED) is 0.428. The lowest BCUT2D eigenvalue weighted by Crippen LogP contribution is -2.22. The van der Waals surface area contributed by atoms with Crippen molar-refractivity contribution in [3.8, 4) is 0 Å². The van der Waals surface area contributed by atoms with E-state index in [4.69, 9.17) is 4.74 Å². The number of ether oxygens (including phenoxy) is 1. The van der Waals surface area contributed by atoms with Gasteiger partial charge in [-0.3, -0.25) is 4.79 Å². The first-order valence-electron chi connectivity index (χ1n) is 6.67. The summed E-state index contributed by atoms with van der Waals surface area (Å²) in [6, 6.07) is 0. The Labute approximate surface area is 116 Å². The van der Waals surface area contributed by atoms with Crippen LogP contribution in [0.5, 0.6) is 0 Å². The Morgan fingerprint density at radius 2 is 1.61 bits per heavy atom. The van der Waals surface area contributed by atoms with Gasteiger partial charge in [-0.25, -0.2) is 0 Å². The molecule has 0 saturated carbocycles. The number of carbonyl (C=O) groups is 1. The van der Waals surface area contributed by atoms with E-state index in [1.165, 1.54) is 12.8 Å². The third-order valence-corrected chi connectivity index (χ3v) is 2.60. The zero-order valence-corrected chi connectivity index (χ0v) is 11.6. The Kier molecular flexibility index (Phi) is 16.2. The standard InChI is InChI=1S/C14H28O2.2CH4/c1-6-7-8-9-13(10-11(2)3)14(15)16-12(4)5;;/h11-13H,6-10H2,1-5H3;2*1H4. The van der Waals surface area contributed by atoms with Crippen molar-refractivity contribution in [3.63, 3.8) is 0 Å². The van der Waals surface area contributed by atoms with Crippen LogP contribution in [0, 0.1) is 11.8 Å². The topological polar surface area (TPSA) is 26.3 Å². The average Bonchev–Trinajstić information content (AvgIpc) is 2.14. The third kappa shape index (κ3) is 11.9. The van der Waals surface area contributed by atoms with E-state index in [-0.39, 0.29) is 32.8 Å². The minimum atomic E-state index is -0.000182. The van der Waals surface area contributed by atoms with Gasteiger partial charge in [0.15, 0.2) is 0 Å². The van der Waals surface area contributed by atoms with Gasteiger partial charge in [0.2, 0.25) is 0 Å². The fourth-order valence-corrected chi connectivity index (χ4v) is 1.87. The van der Waals surface area contributed by atoms with E-state index < -0.39 is 0 Å². The fourth-order valence-electron chi connectivity index (χ4n) is 1.87. The Balaban J connectivity index is -0.00000112. The van der Waals surface area contributed by atoms with E-state index in [1.807, 2.05) is 13.8 Å². The number of carbonyl (C=O) groups excluding carboxylic acids is 1. The van der Waals surface area contributed by atoms with Crippen LogP contribution in [0.15, 0.2) is 0 Å². The largest absolute Gasteiger partial charge is 0.463 e. The highest BCUT2D eigenvalue weighted by atomic mass is 16.5. The lowest BCUT2D eigenvalue weighted by atomic mass is 9.92. The smallest absolute Gasteiger partial charge is 0.309 e. The van der Waals surface area contributed by atoms with Gasteiger partial charge < -0.3 is 4.74 Å². The van der Waals surface area contributed by atoms with Gasteiger partial charge in [0, 0.05) is 0 Å². The van der Waals surface area contributed by atoms with Crippen LogP contribution in [0.3, 0.4) is 0 Å². The molecule has 0 aliphatic heterocycles. The summed E-state index contributed by atoms with van der Waals surface area (Å²) in [5.74, 6) is 0.667. The maximum absolute atomic E-state index is 11.9. The molecule has 0 N–H and O–H groups in total. The molecule has 1 atom stereocenters. The SMILES string of the molecule is C.C.CCCCCC(CC(C)C)C(=O)OC(C)C. The highest BCUT2D eigenvalue weighted by Crippen LogP contribution is 2.20. The van der Waals surface area contributed by atoms with Gasteiger partial charge in [0.05, 0.1) is 12.0 Å². The first kappa shape index (κ1) is 22.6. The minimum absolute atomic E-state index is 0. The molecule has 0 radical (unpaired) electrons. The first-order chi connectivity index (χ1) is 7.47. The molecule has 2 heteroatoms. The third-order valence-electron chi connectivity index (χ3n) is 2.60. The van der Waals surface area contributed by atoms with Crippen molar-refractivity contribution in [2.24, 2.45) is 11.8 Å². The molecule has 0 aromatic carbocycles. The van der Waals surface area contributed by atoms with Gasteiger partial charge in [-0.15, -0.1) is 0 Å². The van der Waals surface area contributed by atoms with Crippen LogP contribution in [0.1, 0.15) is 81.6 Å². The highest BCUT2D eigenvalue weighted by Gasteiger charge is 2.21. The Morgan fingerprint density at radius 1 is 1.06 bits per heavy atom. The van der Waals surface area contributed by atoms with Crippen molar-refractivity contribution in [2.45, 2.75) is 87.7 Å². The van der Waals surface area contributed by atoms with Crippen LogP contribution in [0.2, 0.25) is 0 Å². The fraction of sp³-hybridized carbons (Fsp3) is 0.938. The molecule has 0 aromatic rings. The van der Waals surface area contributed by atoms with Crippen molar-refractivity contribution < 1.29 is 9.53 Å². The van der Waals surface area contributed by atoms with Gasteiger partial charge >= 0.3 is 5.97 Å². The van der Waals surface area contributed by atoms with E-state index in [0.29, 0.717) is 5.92 Å². The normalized spacial score (nSPS) is 11.7. The van der Waals surface area contributed by atoms with E-state index in [2.05, 4.69) is 20.8 Å². The zero-order chi connectivity index (χ0) is 12.6. The van der Waals surface area contributed by atoms with Crippen molar-refractivity contribution in [2.75, 3.05) is 0 Å². The van der Waals surface area contributed by atoms with Crippen LogP contribution in [-0.4, -0.2) is 12.1 Å². The monoisotopic (exact) mass is 260 g/mol. The number of hydrogen-bond acceptors (Lipinski definition) is 2. The predicted octanol–water partition coefficient (Wildman–Crippen LogP) is 5.45. The van der Waals surface area contributed by atoms with Crippen LogP contribution in [-0.2, 0) is 9.53 Å². The molecule has 0 rings (SSSR count). The molecule has 0 aliphatic rings. The molecule has 0 spiro atoms. The predicted molar refractivity (Wildman–Crippen MR) is 81.8 cm³/mol. The molecular formula is C16H36O2. The number of rotatable bonds is 8. The zero-order valence-electron chi connectivity index (χ0n) is 11.6. The molecule has 0 bridgehead atoms. The highest BCUT2D eigenvalue weighted by molar-refractivity contribution is 5.72. The molecule has 0 aromatic heterocycles. The first-order valence-corrected chi connectivity index (χ1v) is 6.67. The number of unbranched alkanes of at least 4 members (excludes halogenated alkanes) is 2. The Morgan fingerprint density at radius 3 is 2.00 bits per heavy atom. The molecule has 2 nitrogen and oxygen atoms in total. The van der Waals surface area contributed by atoms with E-state index in [1.54, 1.807) is 0 Å². The van der Waals surface area contributed by atoms with Gasteiger partial charge in [-0.05, 0) is 32.6 Å². The summed E-state index contributed by atoms with van der Waals surface area (Å²) in [6.45, 7) is 10.3. The van der Waals surface area contributed by atoms with Gasteiger partial charge in [0.1, 0.15) is 0 Å². The molecule has 0 fully saturated rings. The van der Waals surface area contributed by atoms with Gasteiger partial charge in [-0.2, -0.15) is 0 Å². The van der Waals surface area contributed by atoms with Crippen LogP contribution in [0.4, 0.5) is 0 Å². The van der Waals surface area contributed by atoms with Crippen molar-refractivity contribution in [1.29, 1.82) is 0 Å². The maximum atomic E-state index is 11.9. The second kappa shape index (κ2) is 12.9. The Bertz CT molecular complexity index is 186. The molecule has 112 valence electrons. The summed E-state index contributed by atoms with van der Waals surface area (Å²) in [5, 5.41) is 0. The van der Waals surface area contributed by atoms with E-state index in [0.717, 1.165) is 19.3 Å². The second-order valence-corrected chi connectivity index (χ2v) is 5.31. The molecule has 1 unspecified atom stereocenters. The summed E-state index contributed by atoms with van der Waals surface area (Å²) in [6.07, 6.45) is 5.50. The van der Waals surface area contributed by atoms with Crippen molar-refractivity contribution in [1.82, 2.24) is 0 Å². The molecule has 0 aliphatic carbocycles. The van der Waals surface area contributed by atoms with E-state index >= 15 is 0 Å². The molecular weight excluding hydrogens is 224 g/mol. The van der Waals surface area contributed by atoms with Crippen LogP contribution >= 0.6 is 0 Å². The minimum Gasteiger partial charge on any atom is -0.463 e. The van der Waals surface area contributed by atoms with Crippen molar-refractivity contribution in [3.05, 3.63) is 0 Å². The summed E-state index contributed by atoms with van der Waals surface area (Å²) < 4.78 is 5.30. The maximum Gasteiger partial charge on any atom is 0.309 e. The molecule has 0 amide bonds. The summed E-state index contributed by atoms with van der Waals surface area (Å²) in [7, 11) is 0. The van der Waals surface area contributed by atoms with Gasteiger partial charge in [0.25, 0.3) is 0 Å². The summed E-state index contributed by atoms with van der Waals surface area (Å²) in [4.78, 5) is 11.9. The van der Waals surface area contributed by atoms with E-state index in [9.17, 15) is 4.79 Å². The summed E-state index contributed by atoms with van der Waals surface area (Å²) in [5.41, 5.74) is 0. The lowest BCUT2D eigenvalue weighted by molar-refractivity contribution is -0.153. The molecule has 18 heavy (non-hydrogen) atoms. The number of hydrogen-bond donors (Lipinski definition) is 0. The van der Waals surface area contributed by atoms with Crippen LogP contribution in [0.25, 0.3) is 0 Å².